The topological polar surface area (TPSA) is 9.23 Å². The monoisotopic (exact) mass is 414 g/mol. The Hall–Kier alpha value is -2.94. The van der Waals surface area contributed by atoms with E-state index in [-0.39, 0.29) is 0 Å². The summed E-state index contributed by atoms with van der Waals surface area (Å²) in [7, 11) is 0. The molecule has 4 aromatic rings. The highest BCUT2D eigenvalue weighted by atomic mass is 35.5. The SMILES string of the molecule is Cl/C(=C(/Sc1ccccc1)c1ccccc1)c1ccccc1Oc1ccccc1. The van der Waals surface area contributed by atoms with Gasteiger partial charge in [-0.15, -0.1) is 0 Å². The van der Waals surface area contributed by atoms with Gasteiger partial charge in [0.15, 0.2) is 0 Å². The van der Waals surface area contributed by atoms with Crippen LogP contribution in [0.1, 0.15) is 11.1 Å². The fraction of sp³-hybridized carbons (Fsp3) is 0. The van der Waals surface area contributed by atoms with E-state index in [1.54, 1.807) is 11.8 Å². The van der Waals surface area contributed by atoms with Crippen LogP contribution in [0.4, 0.5) is 0 Å². The molecule has 1 nitrogen and oxygen atoms in total. The van der Waals surface area contributed by atoms with Crippen molar-refractivity contribution in [2.24, 2.45) is 0 Å². The first-order chi connectivity index (χ1) is 14.3. The van der Waals surface area contributed by atoms with Crippen LogP contribution in [-0.4, -0.2) is 0 Å². The van der Waals surface area contributed by atoms with Crippen molar-refractivity contribution >= 4 is 33.3 Å². The molecule has 0 saturated heterocycles. The summed E-state index contributed by atoms with van der Waals surface area (Å²) in [5, 5.41) is 0.664. The van der Waals surface area contributed by atoms with Crippen molar-refractivity contribution in [1.29, 1.82) is 0 Å². The zero-order valence-electron chi connectivity index (χ0n) is 15.7. The summed E-state index contributed by atoms with van der Waals surface area (Å²) < 4.78 is 6.14. The molecule has 0 heterocycles. The minimum Gasteiger partial charge on any atom is -0.457 e. The molecule has 0 fully saturated rings. The second kappa shape index (κ2) is 9.51. The van der Waals surface area contributed by atoms with E-state index >= 15 is 0 Å². The fourth-order valence-corrected chi connectivity index (χ4v) is 4.26. The summed E-state index contributed by atoms with van der Waals surface area (Å²) >= 11 is 8.66. The molecule has 0 atom stereocenters. The lowest BCUT2D eigenvalue weighted by atomic mass is 10.1. The largest absolute Gasteiger partial charge is 0.457 e. The van der Waals surface area contributed by atoms with Crippen molar-refractivity contribution < 1.29 is 4.74 Å². The zero-order chi connectivity index (χ0) is 19.9. The fourth-order valence-electron chi connectivity index (χ4n) is 2.90. The molecule has 29 heavy (non-hydrogen) atoms. The number of hydrogen-bond donors (Lipinski definition) is 0. The Bertz CT molecular complexity index is 1090. The molecule has 0 bridgehead atoms. The molecule has 0 aliphatic carbocycles. The van der Waals surface area contributed by atoms with Crippen molar-refractivity contribution in [3.05, 3.63) is 126 Å². The number of hydrogen-bond acceptors (Lipinski definition) is 2. The van der Waals surface area contributed by atoms with Gasteiger partial charge in [-0.1, -0.05) is 102 Å². The van der Waals surface area contributed by atoms with Gasteiger partial charge in [-0.05, 0) is 42.0 Å². The molecule has 0 saturated carbocycles. The number of halogens is 1. The van der Waals surface area contributed by atoms with E-state index in [1.807, 2.05) is 91.0 Å². The van der Waals surface area contributed by atoms with E-state index in [2.05, 4.69) is 24.3 Å². The first kappa shape index (κ1) is 19.4. The molecule has 0 aliphatic heterocycles. The van der Waals surface area contributed by atoms with Gasteiger partial charge in [0.05, 0.1) is 5.03 Å². The Morgan fingerprint density at radius 2 is 1.17 bits per heavy atom. The Kier molecular flexibility index (Phi) is 6.35. The lowest BCUT2D eigenvalue weighted by Crippen LogP contribution is -1.91. The summed E-state index contributed by atoms with van der Waals surface area (Å²) in [5.41, 5.74) is 1.93. The Balaban J connectivity index is 1.79. The smallest absolute Gasteiger partial charge is 0.136 e. The lowest BCUT2D eigenvalue weighted by Gasteiger charge is -2.15. The van der Waals surface area contributed by atoms with Crippen LogP contribution in [0.5, 0.6) is 11.5 Å². The maximum absolute atomic E-state index is 7.01. The number of ether oxygens (including phenoxy) is 1. The lowest BCUT2D eigenvalue weighted by molar-refractivity contribution is 0.481. The minimum absolute atomic E-state index is 0.664. The average Bonchev–Trinajstić information content (AvgIpc) is 2.79. The van der Waals surface area contributed by atoms with Gasteiger partial charge in [-0.2, -0.15) is 0 Å². The molecule has 0 unspecified atom stereocenters. The van der Waals surface area contributed by atoms with E-state index in [1.165, 1.54) is 0 Å². The minimum atomic E-state index is 0.664. The van der Waals surface area contributed by atoms with Crippen molar-refractivity contribution in [2.45, 2.75) is 4.90 Å². The van der Waals surface area contributed by atoms with Gasteiger partial charge in [0.25, 0.3) is 0 Å². The average molecular weight is 415 g/mol. The molecule has 0 amide bonds. The van der Waals surface area contributed by atoms with Gasteiger partial charge in [-0.25, -0.2) is 0 Å². The van der Waals surface area contributed by atoms with E-state index in [9.17, 15) is 0 Å². The predicted molar refractivity (Wildman–Crippen MR) is 124 cm³/mol. The second-order valence-electron chi connectivity index (χ2n) is 6.34. The maximum Gasteiger partial charge on any atom is 0.136 e. The number of benzene rings is 4. The van der Waals surface area contributed by atoms with Crippen LogP contribution in [0.15, 0.2) is 120 Å². The van der Waals surface area contributed by atoms with Gasteiger partial charge in [0.1, 0.15) is 11.5 Å². The van der Waals surface area contributed by atoms with Crippen LogP contribution >= 0.6 is 23.4 Å². The molecule has 4 rings (SSSR count). The highest BCUT2D eigenvalue weighted by Crippen LogP contribution is 2.44. The summed E-state index contributed by atoms with van der Waals surface area (Å²) in [6.07, 6.45) is 0. The van der Waals surface area contributed by atoms with Crippen molar-refractivity contribution in [3.8, 4) is 11.5 Å². The van der Waals surface area contributed by atoms with Gasteiger partial charge in [-0.3, -0.25) is 0 Å². The molecule has 0 N–H and O–H groups in total. The molecule has 0 radical (unpaired) electrons. The Labute approximate surface area is 180 Å². The Morgan fingerprint density at radius 1 is 0.621 bits per heavy atom. The molecule has 0 aromatic heterocycles. The number of rotatable bonds is 6. The third kappa shape index (κ3) is 4.92. The first-order valence-electron chi connectivity index (χ1n) is 9.31. The van der Waals surface area contributed by atoms with Crippen LogP contribution in [0.25, 0.3) is 9.94 Å². The molecule has 4 aromatic carbocycles. The number of thioether (sulfide) groups is 1. The molecule has 0 spiro atoms. The van der Waals surface area contributed by atoms with E-state index in [0.717, 1.165) is 32.4 Å². The predicted octanol–water partition coefficient (Wildman–Crippen LogP) is 8.34. The highest BCUT2D eigenvalue weighted by molar-refractivity contribution is 8.08. The molecule has 142 valence electrons. The summed E-state index contributed by atoms with van der Waals surface area (Å²) in [4.78, 5) is 2.12. The van der Waals surface area contributed by atoms with E-state index in [0.29, 0.717) is 5.03 Å². The summed E-state index contributed by atoms with van der Waals surface area (Å²) in [6.45, 7) is 0. The molecule has 0 aliphatic rings. The first-order valence-corrected chi connectivity index (χ1v) is 10.5. The molecular weight excluding hydrogens is 396 g/mol. The van der Waals surface area contributed by atoms with Crippen LogP contribution < -0.4 is 4.74 Å². The maximum atomic E-state index is 7.01. The van der Waals surface area contributed by atoms with E-state index < -0.39 is 0 Å². The van der Waals surface area contributed by atoms with Gasteiger partial charge < -0.3 is 4.74 Å². The number of para-hydroxylation sites is 2. The van der Waals surface area contributed by atoms with Gasteiger partial charge in [0, 0.05) is 15.4 Å². The normalized spacial score (nSPS) is 11.6. The van der Waals surface area contributed by atoms with Gasteiger partial charge >= 0.3 is 0 Å². The standard InChI is InChI=1S/C26H19ClOS/c27-25(23-18-10-11-19-24(23)28-21-14-6-2-7-15-21)26(20-12-4-1-5-13-20)29-22-16-8-3-9-17-22/h1-19H/b26-25+. The quantitative estimate of drug-likeness (QED) is 0.231. The van der Waals surface area contributed by atoms with Crippen molar-refractivity contribution in [2.75, 3.05) is 0 Å². The third-order valence-electron chi connectivity index (χ3n) is 4.29. The summed E-state index contributed by atoms with van der Waals surface area (Å²) in [5.74, 6) is 1.51. The van der Waals surface area contributed by atoms with Crippen LogP contribution in [0, 0.1) is 0 Å². The molecular formula is C26H19ClOS. The van der Waals surface area contributed by atoms with E-state index in [4.69, 9.17) is 16.3 Å². The van der Waals surface area contributed by atoms with Crippen molar-refractivity contribution in [1.82, 2.24) is 0 Å². The second-order valence-corrected chi connectivity index (χ2v) is 7.80. The Morgan fingerprint density at radius 3 is 1.86 bits per heavy atom. The van der Waals surface area contributed by atoms with Crippen LogP contribution in [-0.2, 0) is 0 Å². The highest BCUT2D eigenvalue weighted by Gasteiger charge is 2.15. The van der Waals surface area contributed by atoms with Crippen molar-refractivity contribution in [3.63, 3.8) is 0 Å². The zero-order valence-corrected chi connectivity index (χ0v) is 17.2. The van der Waals surface area contributed by atoms with Crippen LogP contribution in [0.3, 0.4) is 0 Å². The molecule has 3 heteroatoms. The summed E-state index contributed by atoms with van der Waals surface area (Å²) in [6, 6.07) is 38.1. The van der Waals surface area contributed by atoms with Crippen LogP contribution in [0.2, 0.25) is 0 Å². The third-order valence-corrected chi connectivity index (χ3v) is 5.95. The van der Waals surface area contributed by atoms with Gasteiger partial charge in [0.2, 0.25) is 0 Å².